The molecule has 0 aromatic carbocycles. The molecule has 1 rings (SSSR count). The number of aryl methyl sites for hydroxylation is 1. The van der Waals surface area contributed by atoms with Gasteiger partial charge in [-0.15, -0.1) is 0 Å². The summed E-state index contributed by atoms with van der Waals surface area (Å²) in [6.45, 7) is 7.52. The molecule has 0 aliphatic rings. The number of ether oxygens (including phenoxy) is 1. The molecule has 1 heterocycles. The molecule has 0 aliphatic carbocycles. The lowest BCUT2D eigenvalue weighted by Gasteiger charge is -2.28. The normalized spacial score (nSPS) is 14.7. The minimum Gasteiger partial charge on any atom is -0.496 e. The van der Waals surface area contributed by atoms with E-state index in [4.69, 9.17) is 10.5 Å². The second-order valence-corrected chi connectivity index (χ2v) is 5.12. The lowest BCUT2D eigenvalue weighted by Crippen LogP contribution is -2.41. The fourth-order valence-corrected chi connectivity index (χ4v) is 2.04. The fourth-order valence-electron chi connectivity index (χ4n) is 2.04. The first kappa shape index (κ1) is 14.9. The third-order valence-electron chi connectivity index (χ3n) is 3.59. The summed E-state index contributed by atoms with van der Waals surface area (Å²) in [5.74, 6) is 0.638. The number of hydrogen-bond donors (Lipinski definition) is 1. The minimum atomic E-state index is -1.42. The molecule has 3 nitrogen and oxygen atoms in total. The summed E-state index contributed by atoms with van der Waals surface area (Å²) >= 11 is 0. The van der Waals surface area contributed by atoms with Gasteiger partial charge in [0.2, 0.25) is 0 Å². The van der Waals surface area contributed by atoms with Crippen LogP contribution in [0, 0.1) is 19.8 Å². The average molecular weight is 254 g/mol. The van der Waals surface area contributed by atoms with E-state index in [0.29, 0.717) is 0 Å². The van der Waals surface area contributed by atoms with E-state index < -0.39 is 5.67 Å². The quantitative estimate of drug-likeness (QED) is 0.878. The molecule has 1 aromatic rings. The van der Waals surface area contributed by atoms with Crippen LogP contribution in [-0.2, 0) is 6.42 Å². The topological polar surface area (TPSA) is 48.1 Å². The average Bonchev–Trinajstić information content (AvgIpc) is 2.33. The maximum absolute atomic E-state index is 14.6. The standard InChI is InChI=1S/C14H23FN2O/c1-9(2)14(15,8-16)6-12-11(4)13(18-5)10(3)7-17-12/h7,9H,6,8,16H2,1-5H3. The second kappa shape index (κ2) is 5.65. The Hall–Kier alpha value is -1.16. The van der Waals surface area contributed by atoms with Crippen LogP contribution in [0.4, 0.5) is 4.39 Å². The first-order valence-corrected chi connectivity index (χ1v) is 6.23. The zero-order valence-electron chi connectivity index (χ0n) is 11.9. The Balaban J connectivity index is 3.12. The Labute approximate surface area is 109 Å². The highest BCUT2D eigenvalue weighted by Gasteiger charge is 2.33. The van der Waals surface area contributed by atoms with Crippen LogP contribution in [0.2, 0.25) is 0 Å². The molecule has 0 amide bonds. The van der Waals surface area contributed by atoms with Crippen molar-refractivity contribution in [1.29, 1.82) is 0 Å². The van der Waals surface area contributed by atoms with Gasteiger partial charge in [-0.3, -0.25) is 4.98 Å². The van der Waals surface area contributed by atoms with Gasteiger partial charge in [-0.1, -0.05) is 13.8 Å². The number of nitrogens with two attached hydrogens (primary N) is 1. The molecule has 0 spiro atoms. The monoisotopic (exact) mass is 254 g/mol. The SMILES string of the molecule is COc1c(C)cnc(CC(F)(CN)C(C)C)c1C. The van der Waals surface area contributed by atoms with Gasteiger partial charge in [0.15, 0.2) is 0 Å². The van der Waals surface area contributed by atoms with Crippen molar-refractivity contribution in [2.24, 2.45) is 11.7 Å². The highest BCUT2D eigenvalue weighted by atomic mass is 19.1. The van der Waals surface area contributed by atoms with Gasteiger partial charge in [0.25, 0.3) is 0 Å². The zero-order valence-corrected chi connectivity index (χ0v) is 11.9. The van der Waals surface area contributed by atoms with Gasteiger partial charge >= 0.3 is 0 Å². The summed E-state index contributed by atoms with van der Waals surface area (Å²) in [5, 5.41) is 0. The summed E-state index contributed by atoms with van der Waals surface area (Å²) < 4.78 is 20.0. The molecule has 18 heavy (non-hydrogen) atoms. The Morgan fingerprint density at radius 2 is 2.06 bits per heavy atom. The van der Waals surface area contributed by atoms with Crippen LogP contribution in [-0.4, -0.2) is 24.3 Å². The van der Waals surface area contributed by atoms with Crippen LogP contribution in [0.15, 0.2) is 6.20 Å². The molecule has 0 bridgehead atoms. The van der Waals surface area contributed by atoms with Gasteiger partial charge in [-0.2, -0.15) is 0 Å². The maximum Gasteiger partial charge on any atom is 0.131 e. The minimum absolute atomic E-state index is 0.00196. The molecule has 0 saturated carbocycles. The molecule has 1 unspecified atom stereocenters. The smallest absolute Gasteiger partial charge is 0.131 e. The summed E-state index contributed by atoms with van der Waals surface area (Å²) in [5.41, 5.74) is 6.73. The third-order valence-corrected chi connectivity index (χ3v) is 3.59. The number of alkyl halides is 1. The number of aromatic nitrogens is 1. The third kappa shape index (κ3) is 2.80. The summed E-state index contributed by atoms with van der Waals surface area (Å²) in [7, 11) is 1.62. The van der Waals surface area contributed by atoms with Gasteiger partial charge in [0, 0.05) is 30.3 Å². The van der Waals surface area contributed by atoms with Crippen LogP contribution in [0.5, 0.6) is 5.75 Å². The molecular formula is C14H23FN2O. The molecule has 102 valence electrons. The van der Waals surface area contributed by atoms with Crippen LogP contribution in [0.1, 0.15) is 30.7 Å². The molecule has 0 radical (unpaired) electrons. The Morgan fingerprint density at radius 1 is 1.44 bits per heavy atom. The molecule has 2 N–H and O–H groups in total. The van der Waals surface area contributed by atoms with Crippen molar-refractivity contribution in [2.75, 3.05) is 13.7 Å². The van der Waals surface area contributed by atoms with E-state index in [1.807, 2.05) is 27.7 Å². The highest BCUT2D eigenvalue weighted by Crippen LogP contribution is 2.30. The van der Waals surface area contributed by atoms with Crippen molar-refractivity contribution in [3.8, 4) is 5.75 Å². The molecule has 0 saturated heterocycles. The summed E-state index contributed by atoms with van der Waals surface area (Å²) in [6, 6.07) is 0. The van der Waals surface area contributed by atoms with Gasteiger partial charge < -0.3 is 10.5 Å². The lowest BCUT2D eigenvalue weighted by atomic mass is 9.86. The number of rotatable bonds is 5. The van der Waals surface area contributed by atoms with Crippen molar-refractivity contribution >= 4 is 0 Å². The maximum atomic E-state index is 14.6. The van der Waals surface area contributed by atoms with E-state index in [2.05, 4.69) is 4.98 Å². The zero-order chi connectivity index (χ0) is 13.9. The predicted molar refractivity (Wildman–Crippen MR) is 71.7 cm³/mol. The molecular weight excluding hydrogens is 231 g/mol. The summed E-state index contributed by atoms with van der Waals surface area (Å²) in [6.07, 6.45) is 1.95. The number of halogens is 1. The largest absolute Gasteiger partial charge is 0.496 e. The first-order valence-electron chi connectivity index (χ1n) is 6.23. The predicted octanol–water partition coefficient (Wildman–Crippen LogP) is 2.57. The van der Waals surface area contributed by atoms with Crippen LogP contribution >= 0.6 is 0 Å². The molecule has 0 aliphatic heterocycles. The number of methoxy groups -OCH3 is 1. The van der Waals surface area contributed by atoms with Gasteiger partial charge in [-0.25, -0.2) is 4.39 Å². The number of hydrogen-bond acceptors (Lipinski definition) is 3. The van der Waals surface area contributed by atoms with E-state index in [1.54, 1.807) is 13.3 Å². The summed E-state index contributed by atoms with van der Waals surface area (Å²) in [4.78, 5) is 4.33. The van der Waals surface area contributed by atoms with Crippen molar-refractivity contribution < 1.29 is 9.13 Å². The van der Waals surface area contributed by atoms with Gasteiger partial charge in [0.05, 0.1) is 12.8 Å². The van der Waals surface area contributed by atoms with Crippen molar-refractivity contribution in [2.45, 2.75) is 39.8 Å². The van der Waals surface area contributed by atoms with E-state index in [0.717, 1.165) is 22.6 Å². The Bertz CT molecular complexity index is 421. The van der Waals surface area contributed by atoms with Gasteiger partial charge in [0.1, 0.15) is 11.4 Å². The van der Waals surface area contributed by atoms with E-state index in [-0.39, 0.29) is 18.9 Å². The molecule has 4 heteroatoms. The Morgan fingerprint density at radius 3 is 2.50 bits per heavy atom. The van der Waals surface area contributed by atoms with Gasteiger partial charge in [-0.05, 0) is 19.8 Å². The Kier molecular flexibility index (Phi) is 4.68. The van der Waals surface area contributed by atoms with E-state index >= 15 is 0 Å². The van der Waals surface area contributed by atoms with Crippen LogP contribution in [0.25, 0.3) is 0 Å². The highest BCUT2D eigenvalue weighted by molar-refractivity contribution is 5.41. The fraction of sp³-hybridized carbons (Fsp3) is 0.643. The molecule has 1 atom stereocenters. The van der Waals surface area contributed by atoms with Crippen molar-refractivity contribution in [3.05, 3.63) is 23.0 Å². The molecule has 1 aromatic heterocycles. The molecule has 0 fully saturated rings. The van der Waals surface area contributed by atoms with E-state index in [9.17, 15) is 4.39 Å². The number of pyridine rings is 1. The van der Waals surface area contributed by atoms with E-state index in [1.165, 1.54) is 0 Å². The van der Waals surface area contributed by atoms with Crippen LogP contribution in [0.3, 0.4) is 0 Å². The van der Waals surface area contributed by atoms with Crippen LogP contribution < -0.4 is 10.5 Å². The van der Waals surface area contributed by atoms with Crippen molar-refractivity contribution in [3.63, 3.8) is 0 Å². The van der Waals surface area contributed by atoms with Crippen molar-refractivity contribution in [1.82, 2.24) is 4.98 Å². The lowest BCUT2D eigenvalue weighted by molar-refractivity contribution is 0.109. The first-order chi connectivity index (χ1) is 8.35. The second-order valence-electron chi connectivity index (χ2n) is 5.12. The number of nitrogens with zero attached hydrogens (tertiary/aromatic N) is 1.